The number of aromatic nitrogens is 1. The number of ether oxygens (including phenoxy) is 1. The average molecular weight is 491 g/mol. The SMILES string of the molecule is CCOC(=O)C1=C(C)N=c2s/c(=C\c3ccc(Cl)cc3Cl)c(=O)n2[C@H]1c1ccc(F)cc1. The molecule has 0 amide bonds. The molecule has 0 fully saturated rings. The number of nitrogens with zero attached hydrogens (tertiary/aromatic N) is 2. The van der Waals surface area contributed by atoms with Gasteiger partial charge in [0.15, 0.2) is 4.80 Å². The number of hydrogen-bond donors (Lipinski definition) is 0. The van der Waals surface area contributed by atoms with E-state index in [0.29, 0.717) is 36.2 Å². The summed E-state index contributed by atoms with van der Waals surface area (Å²) in [6.45, 7) is 3.56. The molecule has 0 spiro atoms. The highest BCUT2D eigenvalue weighted by Crippen LogP contribution is 2.30. The summed E-state index contributed by atoms with van der Waals surface area (Å²) in [4.78, 5) is 31.2. The molecule has 1 aromatic heterocycles. The van der Waals surface area contributed by atoms with Gasteiger partial charge in [-0.2, -0.15) is 0 Å². The van der Waals surface area contributed by atoms with E-state index in [1.165, 1.54) is 28.0 Å². The molecule has 5 nitrogen and oxygen atoms in total. The molecule has 1 aliphatic heterocycles. The number of allylic oxidation sites excluding steroid dienone is 1. The van der Waals surface area contributed by atoms with E-state index in [1.807, 2.05) is 0 Å². The van der Waals surface area contributed by atoms with Crippen LogP contribution in [0.4, 0.5) is 4.39 Å². The summed E-state index contributed by atoms with van der Waals surface area (Å²) >= 11 is 13.4. The van der Waals surface area contributed by atoms with Crippen molar-refractivity contribution in [3.63, 3.8) is 0 Å². The molecule has 32 heavy (non-hydrogen) atoms. The third-order valence-electron chi connectivity index (χ3n) is 4.95. The number of thiazole rings is 1. The van der Waals surface area contributed by atoms with Crippen LogP contribution >= 0.6 is 34.5 Å². The first-order valence-corrected chi connectivity index (χ1v) is 11.3. The highest BCUT2D eigenvalue weighted by atomic mass is 35.5. The number of halogens is 3. The zero-order chi connectivity index (χ0) is 23.0. The minimum absolute atomic E-state index is 0.172. The van der Waals surface area contributed by atoms with Crippen LogP contribution in [0.25, 0.3) is 6.08 Å². The van der Waals surface area contributed by atoms with Crippen LogP contribution in [0.15, 0.2) is 63.5 Å². The Hall–Kier alpha value is -2.74. The van der Waals surface area contributed by atoms with Crippen molar-refractivity contribution in [3.8, 4) is 0 Å². The number of carbonyl (C=O) groups is 1. The van der Waals surface area contributed by atoms with Crippen molar-refractivity contribution in [2.24, 2.45) is 4.99 Å². The second-order valence-corrected chi connectivity index (χ2v) is 8.87. The fraction of sp³-hybridized carbons (Fsp3) is 0.174. The minimum Gasteiger partial charge on any atom is -0.463 e. The summed E-state index contributed by atoms with van der Waals surface area (Å²) in [6, 6.07) is 9.87. The molecule has 0 saturated heterocycles. The van der Waals surface area contributed by atoms with E-state index < -0.39 is 17.8 Å². The average Bonchev–Trinajstić information content (AvgIpc) is 3.04. The quantitative estimate of drug-likeness (QED) is 0.513. The Morgan fingerprint density at radius 1 is 1.25 bits per heavy atom. The van der Waals surface area contributed by atoms with Gasteiger partial charge >= 0.3 is 5.97 Å². The van der Waals surface area contributed by atoms with Crippen LogP contribution in [-0.4, -0.2) is 17.1 Å². The zero-order valence-electron chi connectivity index (χ0n) is 17.1. The Morgan fingerprint density at radius 3 is 2.62 bits per heavy atom. The lowest BCUT2D eigenvalue weighted by atomic mass is 9.96. The van der Waals surface area contributed by atoms with E-state index in [1.54, 1.807) is 50.3 Å². The fourth-order valence-corrected chi connectivity index (χ4v) is 5.01. The van der Waals surface area contributed by atoms with Gasteiger partial charge in [0.2, 0.25) is 0 Å². The summed E-state index contributed by atoms with van der Waals surface area (Å²) in [7, 11) is 0. The van der Waals surface area contributed by atoms with E-state index in [0.717, 1.165) is 0 Å². The molecule has 9 heteroatoms. The van der Waals surface area contributed by atoms with E-state index in [4.69, 9.17) is 27.9 Å². The molecule has 2 aromatic carbocycles. The summed E-state index contributed by atoms with van der Waals surface area (Å²) in [6.07, 6.45) is 1.66. The number of esters is 1. The predicted octanol–water partition coefficient (Wildman–Crippen LogP) is 4.24. The summed E-state index contributed by atoms with van der Waals surface area (Å²) < 4.78 is 20.6. The van der Waals surface area contributed by atoms with Gasteiger partial charge in [-0.05, 0) is 55.3 Å². The second-order valence-electron chi connectivity index (χ2n) is 7.02. The van der Waals surface area contributed by atoms with Gasteiger partial charge in [-0.25, -0.2) is 14.2 Å². The molecular formula is C23H17Cl2FN2O3S. The lowest BCUT2D eigenvalue weighted by Crippen LogP contribution is -2.39. The van der Waals surface area contributed by atoms with Crippen molar-refractivity contribution in [3.05, 3.63) is 100 Å². The van der Waals surface area contributed by atoms with E-state index >= 15 is 0 Å². The van der Waals surface area contributed by atoms with Crippen LogP contribution in [0.1, 0.15) is 31.0 Å². The Balaban J connectivity index is 1.96. The van der Waals surface area contributed by atoms with Gasteiger partial charge in [0.1, 0.15) is 5.82 Å². The number of benzene rings is 2. The number of hydrogen-bond acceptors (Lipinski definition) is 5. The third-order valence-corrected chi connectivity index (χ3v) is 6.50. The molecule has 0 N–H and O–H groups in total. The first kappa shape index (κ1) is 22.5. The fourth-order valence-electron chi connectivity index (χ4n) is 3.51. The van der Waals surface area contributed by atoms with Gasteiger partial charge < -0.3 is 4.74 Å². The number of carbonyl (C=O) groups excluding carboxylic acids is 1. The van der Waals surface area contributed by atoms with Gasteiger partial charge in [-0.15, -0.1) is 0 Å². The smallest absolute Gasteiger partial charge is 0.338 e. The predicted molar refractivity (Wildman–Crippen MR) is 123 cm³/mol. The van der Waals surface area contributed by atoms with Crippen LogP contribution in [0.2, 0.25) is 10.0 Å². The molecule has 0 unspecified atom stereocenters. The normalized spacial score (nSPS) is 16.0. The first-order valence-electron chi connectivity index (χ1n) is 9.70. The molecule has 0 bridgehead atoms. The van der Waals surface area contributed by atoms with E-state index in [9.17, 15) is 14.0 Å². The van der Waals surface area contributed by atoms with Crippen molar-refractivity contribution in [2.75, 3.05) is 6.61 Å². The second kappa shape index (κ2) is 9.02. The van der Waals surface area contributed by atoms with Gasteiger partial charge in [0.25, 0.3) is 5.56 Å². The van der Waals surface area contributed by atoms with Crippen LogP contribution in [-0.2, 0) is 9.53 Å². The molecule has 4 rings (SSSR count). The van der Waals surface area contributed by atoms with Crippen LogP contribution in [0.3, 0.4) is 0 Å². The lowest BCUT2D eigenvalue weighted by molar-refractivity contribution is -0.139. The lowest BCUT2D eigenvalue weighted by Gasteiger charge is -2.24. The maximum atomic E-state index is 13.6. The molecule has 0 radical (unpaired) electrons. The third kappa shape index (κ3) is 4.16. The first-order chi connectivity index (χ1) is 15.3. The largest absolute Gasteiger partial charge is 0.463 e. The van der Waals surface area contributed by atoms with Crippen molar-refractivity contribution in [1.82, 2.24) is 4.57 Å². The Morgan fingerprint density at radius 2 is 1.97 bits per heavy atom. The van der Waals surface area contributed by atoms with Gasteiger partial charge in [0.05, 0.1) is 28.5 Å². The molecule has 3 aromatic rings. The van der Waals surface area contributed by atoms with Crippen LogP contribution in [0.5, 0.6) is 0 Å². The molecule has 0 saturated carbocycles. The molecule has 1 atom stereocenters. The molecular weight excluding hydrogens is 474 g/mol. The monoisotopic (exact) mass is 490 g/mol. The van der Waals surface area contributed by atoms with Crippen molar-refractivity contribution >= 4 is 46.6 Å². The van der Waals surface area contributed by atoms with Crippen LogP contribution in [0, 0.1) is 5.82 Å². The molecule has 0 aliphatic carbocycles. The highest BCUT2D eigenvalue weighted by molar-refractivity contribution is 7.07. The van der Waals surface area contributed by atoms with E-state index in [-0.39, 0.29) is 17.7 Å². The van der Waals surface area contributed by atoms with Crippen LogP contribution < -0.4 is 14.9 Å². The Labute approximate surface area is 196 Å². The van der Waals surface area contributed by atoms with Crippen molar-refractivity contribution < 1.29 is 13.9 Å². The summed E-state index contributed by atoms with van der Waals surface area (Å²) in [5.74, 6) is -0.991. The minimum atomic E-state index is -0.797. The zero-order valence-corrected chi connectivity index (χ0v) is 19.4. The maximum absolute atomic E-state index is 13.6. The van der Waals surface area contributed by atoms with E-state index in [2.05, 4.69) is 4.99 Å². The van der Waals surface area contributed by atoms with Crippen molar-refractivity contribution in [1.29, 1.82) is 0 Å². The molecule has 2 heterocycles. The van der Waals surface area contributed by atoms with Gasteiger partial charge in [0, 0.05) is 10.0 Å². The number of rotatable bonds is 4. The highest BCUT2D eigenvalue weighted by Gasteiger charge is 2.33. The van der Waals surface area contributed by atoms with Crippen molar-refractivity contribution in [2.45, 2.75) is 19.9 Å². The molecule has 164 valence electrons. The Bertz CT molecular complexity index is 1420. The Kier molecular flexibility index (Phi) is 6.33. The number of fused-ring (bicyclic) bond motifs is 1. The summed E-state index contributed by atoms with van der Waals surface area (Å²) in [5.41, 5.74) is 1.53. The topological polar surface area (TPSA) is 60.7 Å². The maximum Gasteiger partial charge on any atom is 0.338 e. The van der Waals surface area contributed by atoms with Gasteiger partial charge in [-0.1, -0.05) is 52.7 Å². The summed E-state index contributed by atoms with van der Waals surface area (Å²) in [5, 5.41) is 0.890. The molecule has 1 aliphatic rings. The van der Waals surface area contributed by atoms with Gasteiger partial charge in [-0.3, -0.25) is 9.36 Å². The standard InChI is InChI=1S/C23H17Cl2FN2O3S/c1-3-31-22(30)19-12(2)27-23-28(20(19)13-5-8-16(26)9-6-13)21(29)18(32-23)10-14-4-7-15(24)11-17(14)25/h4-11,20H,3H2,1-2H3/b18-10-/t20-/m0/s1.